The van der Waals surface area contributed by atoms with Crippen molar-refractivity contribution in [3.05, 3.63) is 11.7 Å². The topological polar surface area (TPSA) is 60.2 Å². The van der Waals surface area contributed by atoms with E-state index in [4.69, 9.17) is 9.26 Å². The first kappa shape index (κ1) is 10.6. The Hall–Kier alpha value is -0.940. The average molecular weight is 211 g/mol. The molecule has 84 valence electrons. The molecule has 0 spiro atoms. The summed E-state index contributed by atoms with van der Waals surface area (Å²) in [6, 6.07) is 0. The van der Waals surface area contributed by atoms with Crippen LogP contribution in [0.15, 0.2) is 4.52 Å². The van der Waals surface area contributed by atoms with Gasteiger partial charge in [0.15, 0.2) is 5.82 Å². The molecule has 0 bridgehead atoms. The second-order valence-corrected chi connectivity index (χ2v) is 3.82. The van der Waals surface area contributed by atoms with Crippen molar-refractivity contribution in [1.82, 2.24) is 15.5 Å². The Kier molecular flexibility index (Phi) is 3.69. The van der Waals surface area contributed by atoms with E-state index in [1.165, 1.54) is 0 Å². The number of ether oxygens (including phenoxy) is 1. The third-order valence-corrected chi connectivity index (χ3v) is 2.70. The fourth-order valence-corrected chi connectivity index (χ4v) is 1.80. The maximum atomic E-state index is 5.26. The minimum Gasteiger partial charge on any atom is -0.384 e. The number of hydrogen-bond donors (Lipinski definition) is 1. The molecule has 5 heteroatoms. The average Bonchev–Trinajstić information content (AvgIpc) is 2.76. The first-order valence-corrected chi connectivity index (χ1v) is 5.42. The second-order valence-electron chi connectivity index (χ2n) is 3.82. The summed E-state index contributed by atoms with van der Waals surface area (Å²) < 4.78 is 10.2. The van der Waals surface area contributed by atoms with Gasteiger partial charge in [-0.2, -0.15) is 4.98 Å². The van der Waals surface area contributed by atoms with Gasteiger partial charge < -0.3 is 14.6 Å². The van der Waals surface area contributed by atoms with Gasteiger partial charge in [-0.25, -0.2) is 0 Å². The Morgan fingerprint density at radius 3 is 3.00 bits per heavy atom. The van der Waals surface area contributed by atoms with Crippen molar-refractivity contribution in [1.29, 1.82) is 0 Å². The molecule has 2 heterocycles. The van der Waals surface area contributed by atoms with Gasteiger partial charge in [0.2, 0.25) is 5.89 Å². The van der Waals surface area contributed by atoms with Gasteiger partial charge in [-0.3, -0.25) is 0 Å². The minimum atomic E-state index is 0.440. The van der Waals surface area contributed by atoms with Crippen molar-refractivity contribution in [3.63, 3.8) is 0 Å². The number of nitrogens with one attached hydrogen (secondary N) is 1. The Bertz CT molecular complexity index is 295. The van der Waals surface area contributed by atoms with Crippen LogP contribution in [0.3, 0.4) is 0 Å². The van der Waals surface area contributed by atoms with Crippen LogP contribution in [0.2, 0.25) is 0 Å². The third-order valence-electron chi connectivity index (χ3n) is 2.70. The quantitative estimate of drug-likeness (QED) is 0.795. The third kappa shape index (κ3) is 2.76. The van der Waals surface area contributed by atoms with E-state index in [1.807, 2.05) is 0 Å². The van der Waals surface area contributed by atoms with Crippen LogP contribution in [-0.4, -0.2) is 36.9 Å². The van der Waals surface area contributed by atoms with Crippen LogP contribution < -0.4 is 5.32 Å². The van der Waals surface area contributed by atoms with Crippen molar-refractivity contribution >= 4 is 0 Å². The lowest BCUT2D eigenvalue weighted by atomic mass is 9.98. The lowest BCUT2D eigenvalue weighted by molar-refractivity contribution is 0.199. The van der Waals surface area contributed by atoms with Gasteiger partial charge in [-0.15, -0.1) is 0 Å². The van der Waals surface area contributed by atoms with Gasteiger partial charge >= 0.3 is 0 Å². The lowest BCUT2D eigenvalue weighted by Crippen LogP contribution is -2.26. The molecule has 1 aromatic heterocycles. The number of nitrogens with zero attached hydrogens (tertiary/aromatic N) is 2. The first-order chi connectivity index (χ1) is 7.40. The molecule has 0 saturated carbocycles. The largest absolute Gasteiger partial charge is 0.384 e. The SMILES string of the molecule is COCCc1noc(C2CCNCC2)n1. The predicted octanol–water partition coefficient (Wildman–Crippen LogP) is 0.725. The van der Waals surface area contributed by atoms with E-state index < -0.39 is 0 Å². The number of methoxy groups -OCH3 is 1. The maximum absolute atomic E-state index is 5.26. The number of piperidine rings is 1. The molecule has 0 amide bonds. The lowest BCUT2D eigenvalue weighted by Gasteiger charge is -2.18. The van der Waals surface area contributed by atoms with E-state index >= 15 is 0 Å². The van der Waals surface area contributed by atoms with Crippen LogP contribution in [0.1, 0.15) is 30.5 Å². The number of hydrogen-bond acceptors (Lipinski definition) is 5. The van der Waals surface area contributed by atoms with Gasteiger partial charge in [-0.05, 0) is 25.9 Å². The van der Waals surface area contributed by atoms with Crippen molar-refractivity contribution in [3.8, 4) is 0 Å². The highest BCUT2D eigenvalue weighted by molar-refractivity contribution is 4.96. The van der Waals surface area contributed by atoms with Crippen molar-refractivity contribution < 1.29 is 9.26 Å². The molecule has 1 N–H and O–H groups in total. The zero-order valence-electron chi connectivity index (χ0n) is 9.03. The van der Waals surface area contributed by atoms with Gasteiger partial charge in [-0.1, -0.05) is 5.16 Å². The van der Waals surface area contributed by atoms with Crippen LogP contribution in [0, 0.1) is 0 Å². The maximum Gasteiger partial charge on any atom is 0.229 e. The molecule has 0 atom stereocenters. The van der Waals surface area contributed by atoms with E-state index in [-0.39, 0.29) is 0 Å². The van der Waals surface area contributed by atoms with E-state index in [0.29, 0.717) is 12.5 Å². The fraction of sp³-hybridized carbons (Fsp3) is 0.800. The Labute approximate surface area is 89.2 Å². The molecule has 1 aliphatic rings. The molecule has 1 aromatic rings. The molecule has 0 unspecified atom stereocenters. The Balaban J connectivity index is 1.93. The highest BCUT2D eigenvalue weighted by Crippen LogP contribution is 2.23. The summed E-state index contributed by atoms with van der Waals surface area (Å²) in [5.74, 6) is 1.99. The summed E-state index contributed by atoms with van der Waals surface area (Å²) in [5.41, 5.74) is 0. The van der Waals surface area contributed by atoms with Crippen LogP contribution in [0.5, 0.6) is 0 Å². The highest BCUT2D eigenvalue weighted by Gasteiger charge is 2.20. The molecule has 1 fully saturated rings. The molecular formula is C10H17N3O2. The first-order valence-electron chi connectivity index (χ1n) is 5.42. The van der Waals surface area contributed by atoms with Gasteiger partial charge in [0, 0.05) is 19.4 Å². The zero-order chi connectivity index (χ0) is 10.5. The molecular weight excluding hydrogens is 194 g/mol. The monoisotopic (exact) mass is 211 g/mol. The van der Waals surface area contributed by atoms with Gasteiger partial charge in [0.1, 0.15) is 0 Å². The van der Waals surface area contributed by atoms with Crippen LogP contribution in [-0.2, 0) is 11.2 Å². The molecule has 0 aromatic carbocycles. The standard InChI is InChI=1S/C10H17N3O2/c1-14-7-4-9-12-10(15-13-9)8-2-5-11-6-3-8/h8,11H,2-7H2,1H3. The van der Waals surface area contributed by atoms with Crippen molar-refractivity contribution in [2.45, 2.75) is 25.2 Å². The summed E-state index contributed by atoms with van der Waals surface area (Å²) in [6.45, 7) is 2.73. The molecule has 15 heavy (non-hydrogen) atoms. The second kappa shape index (κ2) is 5.23. The van der Waals surface area contributed by atoms with E-state index in [0.717, 1.165) is 44.1 Å². The Morgan fingerprint density at radius 1 is 1.47 bits per heavy atom. The highest BCUT2D eigenvalue weighted by atomic mass is 16.5. The fourth-order valence-electron chi connectivity index (χ4n) is 1.80. The Morgan fingerprint density at radius 2 is 2.27 bits per heavy atom. The molecule has 0 radical (unpaired) electrons. The molecule has 2 rings (SSSR count). The smallest absolute Gasteiger partial charge is 0.229 e. The summed E-state index contributed by atoms with van der Waals surface area (Å²) in [7, 11) is 1.67. The number of aromatic nitrogens is 2. The summed E-state index contributed by atoms with van der Waals surface area (Å²) in [6.07, 6.45) is 2.91. The molecule has 0 aliphatic carbocycles. The van der Waals surface area contributed by atoms with Crippen LogP contribution >= 0.6 is 0 Å². The summed E-state index contributed by atoms with van der Waals surface area (Å²) in [4.78, 5) is 4.39. The molecule has 5 nitrogen and oxygen atoms in total. The molecule has 1 aliphatic heterocycles. The van der Waals surface area contributed by atoms with Crippen LogP contribution in [0.4, 0.5) is 0 Å². The van der Waals surface area contributed by atoms with Crippen molar-refractivity contribution in [2.75, 3.05) is 26.8 Å². The van der Waals surface area contributed by atoms with Gasteiger partial charge in [0.25, 0.3) is 0 Å². The minimum absolute atomic E-state index is 0.440. The summed E-state index contributed by atoms with van der Waals surface area (Å²) >= 11 is 0. The van der Waals surface area contributed by atoms with Gasteiger partial charge in [0.05, 0.1) is 6.61 Å². The van der Waals surface area contributed by atoms with Crippen molar-refractivity contribution in [2.24, 2.45) is 0 Å². The normalized spacial score (nSPS) is 18.2. The molecule has 1 saturated heterocycles. The summed E-state index contributed by atoms with van der Waals surface area (Å²) in [5, 5.41) is 7.26. The van der Waals surface area contributed by atoms with E-state index in [9.17, 15) is 0 Å². The zero-order valence-corrected chi connectivity index (χ0v) is 9.03. The van der Waals surface area contributed by atoms with Crippen LogP contribution in [0.25, 0.3) is 0 Å². The van der Waals surface area contributed by atoms with E-state index in [1.54, 1.807) is 7.11 Å². The number of rotatable bonds is 4. The van der Waals surface area contributed by atoms with E-state index in [2.05, 4.69) is 15.5 Å². The predicted molar refractivity (Wildman–Crippen MR) is 54.7 cm³/mol.